The van der Waals surface area contributed by atoms with Crippen LogP contribution in [0.25, 0.3) is 11.5 Å². The predicted molar refractivity (Wildman–Crippen MR) is 96.0 cm³/mol. The molecule has 0 N–H and O–H groups in total. The normalized spacial score (nSPS) is 11.6. The van der Waals surface area contributed by atoms with Crippen LogP contribution in [0.5, 0.6) is 0 Å². The van der Waals surface area contributed by atoms with Gasteiger partial charge < -0.3 is 4.52 Å². The summed E-state index contributed by atoms with van der Waals surface area (Å²) in [5.74, 6) is 0.0325. The summed E-state index contributed by atoms with van der Waals surface area (Å²) in [7, 11) is -3.91. The molecule has 0 fully saturated rings. The first-order valence-corrected chi connectivity index (χ1v) is 9.53. The van der Waals surface area contributed by atoms with Gasteiger partial charge in [-0.3, -0.25) is 0 Å². The van der Waals surface area contributed by atoms with Crippen molar-refractivity contribution in [2.45, 2.75) is 11.3 Å². The summed E-state index contributed by atoms with van der Waals surface area (Å²) in [5.41, 5.74) is 1.27. The lowest BCUT2D eigenvalue weighted by molar-refractivity contribution is 0.385. The van der Waals surface area contributed by atoms with Crippen LogP contribution < -0.4 is 0 Å². The Hall–Kier alpha value is -3.26. The van der Waals surface area contributed by atoms with Gasteiger partial charge in [0, 0.05) is 6.20 Å². The van der Waals surface area contributed by atoms with Gasteiger partial charge in [0.1, 0.15) is 11.5 Å². The minimum absolute atomic E-state index is 0.0330. The molecule has 0 atom stereocenters. The summed E-state index contributed by atoms with van der Waals surface area (Å²) in [6, 6.07) is 17.4. The Labute approximate surface area is 154 Å². The monoisotopic (exact) mass is 383 g/mol. The quantitative estimate of drug-likeness (QED) is 0.527. The minimum Gasteiger partial charge on any atom is -0.339 e. The van der Waals surface area contributed by atoms with Crippen LogP contribution in [0.4, 0.5) is 4.39 Å². The smallest absolute Gasteiger partial charge is 0.268 e. The highest BCUT2D eigenvalue weighted by Gasteiger charge is 2.22. The zero-order valence-electron chi connectivity index (χ0n) is 14.0. The fraction of sp³-hybridized carbons (Fsp3) is 0.0526. The molecule has 0 unspecified atom stereocenters. The summed E-state index contributed by atoms with van der Waals surface area (Å²) >= 11 is 0. The fourth-order valence-corrected chi connectivity index (χ4v) is 4.01. The number of rotatable bonds is 5. The van der Waals surface area contributed by atoms with Crippen molar-refractivity contribution in [3.05, 3.63) is 90.2 Å². The van der Waals surface area contributed by atoms with Crippen molar-refractivity contribution in [1.29, 1.82) is 0 Å². The molecule has 0 bridgehead atoms. The van der Waals surface area contributed by atoms with Crippen LogP contribution in [0.3, 0.4) is 0 Å². The van der Waals surface area contributed by atoms with Gasteiger partial charge >= 0.3 is 0 Å². The maximum absolute atomic E-state index is 13.1. The minimum atomic E-state index is -3.91. The molecule has 2 aromatic heterocycles. The SMILES string of the molecule is O=S(=O)(c1ccc(F)cc1)n1cccc1-c1noc(Cc2ccccc2)n1. The molecule has 2 aromatic carbocycles. The Balaban J connectivity index is 1.67. The summed E-state index contributed by atoms with van der Waals surface area (Å²) in [6.07, 6.45) is 1.83. The molecular formula is C19H14FN3O3S. The van der Waals surface area contributed by atoms with Crippen molar-refractivity contribution in [3.63, 3.8) is 0 Å². The van der Waals surface area contributed by atoms with Crippen molar-refractivity contribution >= 4 is 10.0 Å². The number of hydrogen-bond acceptors (Lipinski definition) is 5. The predicted octanol–water partition coefficient (Wildman–Crippen LogP) is 3.51. The zero-order valence-corrected chi connectivity index (χ0v) is 14.8. The van der Waals surface area contributed by atoms with Gasteiger partial charge in [0.25, 0.3) is 10.0 Å². The Morgan fingerprint density at radius 2 is 1.70 bits per heavy atom. The molecule has 2 heterocycles. The molecule has 4 rings (SSSR count). The van der Waals surface area contributed by atoms with Crippen LogP contribution in [0.15, 0.2) is 82.3 Å². The Bertz CT molecular complexity index is 1170. The Morgan fingerprint density at radius 1 is 0.963 bits per heavy atom. The molecule has 136 valence electrons. The van der Waals surface area contributed by atoms with Gasteiger partial charge in [-0.1, -0.05) is 35.5 Å². The highest BCUT2D eigenvalue weighted by atomic mass is 32.2. The van der Waals surface area contributed by atoms with Crippen molar-refractivity contribution in [2.24, 2.45) is 0 Å². The van der Waals surface area contributed by atoms with Gasteiger partial charge in [0.2, 0.25) is 11.7 Å². The molecule has 0 saturated heterocycles. The first kappa shape index (κ1) is 17.2. The number of nitrogens with zero attached hydrogens (tertiary/aromatic N) is 3. The standard InChI is InChI=1S/C19H14FN3O3S/c20-15-8-10-16(11-9-15)27(24,25)23-12-4-7-17(23)19-21-18(26-22-19)13-14-5-2-1-3-6-14/h1-12H,13H2. The van der Waals surface area contributed by atoms with Gasteiger partial charge in [-0.2, -0.15) is 4.98 Å². The van der Waals surface area contributed by atoms with E-state index >= 15 is 0 Å². The molecule has 8 heteroatoms. The highest BCUT2D eigenvalue weighted by molar-refractivity contribution is 7.90. The van der Waals surface area contributed by atoms with Crippen LogP contribution in [-0.2, 0) is 16.4 Å². The fourth-order valence-electron chi connectivity index (χ4n) is 2.67. The van der Waals surface area contributed by atoms with E-state index in [0.29, 0.717) is 12.3 Å². The molecule has 0 saturated carbocycles. The number of hydrogen-bond donors (Lipinski definition) is 0. The lowest BCUT2D eigenvalue weighted by atomic mass is 10.1. The molecule has 0 aliphatic rings. The van der Waals surface area contributed by atoms with Gasteiger partial charge in [0.15, 0.2) is 0 Å². The van der Waals surface area contributed by atoms with Gasteiger partial charge in [0.05, 0.1) is 11.3 Å². The molecule has 0 spiro atoms. The molecule has 4 aromatic rings. The second kappa shape index (κ2) is 6.81. The second-order valence-electron chi connectivity index (χ2n) is 5.82. The Kier molecular flexibility index (Phi) is 4.33. The second-order valence-corrected chi connectivity index (χ2v) is 7.64. The van der Waals surface area contributed by atoms with E-state index < -0.39 is 15.8 Å². The van der Waals surface area contributed by atoms with E-state index in [0.717, 1.165) is 21.7 Å². The number of halogens is 1. The van der Waals surface area contributed by atoms with E-state index in [1.165, 1.54) is 18.3 Å². The van der Waals surface area contributed by atoms with E-state index in [1.54, 1.807) is 12.1 Å². The van der Waals surface area contributed by atoms with Crippen molar-refractivity contribution in [2.75, 3.05) is 0 Å². The molecule has 0 aliphatic carbocycles. The van der Waals surface area contributed by atoms with Crippen LogP contribution in [0.1, 0.15) is 11.5 Å². The lowest BCUT2D eigenvalue weighted by Gasteiger charge is -2.08. The van der Waals surface area contributed by atoms with E-state index in [-0.39, 0.29) is 16.4 Å². The summed E-state index contributed by atoms with van der Waals surface area (Å²) in [6.45, 7) is 0. The number of benzene rings is 2. The van der Waals surface area contributed by atoms with E-state index in [2.05, 4.69) is 10.1 Å². The van der Waals surface area contributed by atoms with Gasteiger partial charge in [-0.15, -0.1) is 0 Å². The Morgan fingerprint density at radius 3 is 2.44 bits per heavy atom. The first-order valence-electron chi connectivity index (χ1n) is 8.09. The van der Waals surface area contributed by atoms with E-state index in [4.69, 9.17) is 4.52 Å². The molecular weight excluding hydrogens is 369 g/mol. The average molecular weight is 383 g/mol. The molecule has 0 amide bonds. The van der Waals surface area contributed by atoms with Crippen molar-refractivity contribution in [1.82, 2.24) is 14.1 Å². The van der Waals surface area contributed by atoms with E-state index in [9.17, 15) is 12.8 Å². The van der Waals surface area contributed by atoms with Crippen LogP contribution in [0.2, 0.25) is 0 Å². The largest absolute Gasteiger partial charge is 0.339 e. The third kappa shape index (κ3) is 3.39. The molecule has 6 nitrogen and oxygen atoms in total. The summed E-state index contributed by atoms with van der Waals surface area (Å²) in [5, 5.41) is 3.91. The summed E-state index contributed by atoms with van der Waals surface area (Å²) in [4.78, 5) is 4.27. The van der Waals surface area contributed by atoms with Crippen LogP contribution in [-0.4, -0.2) is 22.5 Å². The average Bonchev–Trinajstić information content (AvgIpc) is 3.32. The highest BCUT2D eigenvalue weighted by Crippen LogP contribution is 2.23. The van der Waals surface area contributed by atoms with Crippen LogP contribution >= 0.6 is 0 Å². The topological polar surface area (TPSA) is 78.0 Å². The molecule has 0 aliphatic heterocycles. The van der Waals surface area contributed by atoms with E-state index in [1.807, 2.05) is 30.3 Å². The maximum atomic E-state index is 13.1. The number of aromatic nitrogens is 3. The van der Waals surface area contributed by atoms with Crippen LogP contribution in [0, 0.1) is 5.82 Å². The molecule has 27 heavy (non-hydrogen) atoms. The third-order valence-corrected chi connectivity index (χ3v) is 5.68. The van der Waals surface area contributed by atoms with Crippen molar-refractivity contribution < 1.29 is 17.3 Å². The first-order chi connectivity index (χ1) is 13.0. The molecule has 0 radical (unpaired) electrons. The zero-order chi connectivity index (χ0) is 18.9. The lowest BCUT2D eigenvalue weighted by Crippen LogP contribution is -2.13. The maximum Gasteiger partial charge on any atom is 0.268 e. The third-order valence-electron chi connectivity index (χ3n) is 3.98. The van der Waals surface area contributed by atoms with Gasteiger partial charge in [-0.05, 0) is 42.0 Å². The van der Waals surface area contributed by atoms with Gasteiger partial charge in [-0.25, -0.2) is 16.8 Å². The van der Waals surface area contributed by atoms with Crippen molar-refractivity contribution in [3.8, 4) is 11.5 Å². The summed E-state index contributed by atoms with van der Waals surface area (Å²) < 4.78 is 45.1.